The lowest BCUT2D eigenvalue weighted by Crippen LogP contribution is -2.42. The zero-order valence-corrected chi connectivity index (χ0v) is 11.2. The van der Waals surface area contributed by atoms with Gasteiger partial charge in [0.15, 0.2) is 0 Å². The number of aromatic nitrogens is 2. The van der Waals surface area contributed by atoms with E-state index in [4.69, 9.17) is 4.74 Å². The van der Waals surface area contributed by atoms with E-state index < -0.39 is 0 Å². The number of hydrogen-bond donors (Lipinski definition) is 2. The van der Waals surface area contributed by atoms with Gasteiger partial charge in [-0.15, -0.1) is 0 Å². The van der Waals surface area contributed by atoms with E-state index in [1.807, 2.05) is 13.0 Å². The van der Waals surface area contributed by atoms with Crippen LogP contribution in [0, 0.1) is 5.41 Å². The van der Waals surface area contributed by atoms with Gasteiger partial charge in [-0.05, 0) is 31.7 Å². The second-order valence-electron chi connectivity index (χ2n) is 5.12. The molecule has 5 heteroatoms. The smallest absolute Gasteiger partial charge is 0.218 e. The van der Waals surface area contributed by atoms with Gasteiger partial charge in [0.1, 0.15) is 12.1 Å². The number of nitrogens with zero attached hydrogens (tertiary/aromatic N) is 2. The molecule has 1 saturated heterocycles. The van der Waals surface area contributed by atoms with Crippen molar-refractivity contribution in [2.75, 3.05) is 31.6 Å². The van der Waals surface area contributed by atoms with Crippen LogP contribution in [0.2, 0.25) is 0 Å². The third kappa shape index (κ3) is 3.57. The number of hydrogen-bond acceptors (Lipinski definition) is 5. The van der Waals surface area contributed by atoms with Crippen LogP contribution in [0.3, 0.4) is 0 Å². The molecule has 1 unspecified atom stereocenters. The van der Waals surface area contributed by atoms with Crippen molar-refractivity contribution in [1.82, 2.24) is 15.3 Å². The highest BCUT2D eigenvalue weighted by atomic mass is 16.5. The SMILES string of the molecule is CCOc1cc(NCC2(C)CCCNC2)ncn1. The molecule has 0 bridgehead atoms. The highest BCUT2D eigenvalue weighted by Gasteiger charge is 2.26. The average Bonchev–Trinajstić information content (AvgIpc) is 2.38. The minimum Gasteiger partial charge on any atom is -0.478 e. The Labute approximate surface area is 108 Å². The van der Waals surface area contributed by atoms with E-state index in [-0.39, 0.29) is 0 Å². The van der Waals surface area contributed by atoms with E-state index in [2.05, 4.69) is 27.5 Å². The summed E-state index contributed by atoms with van der Waals surface area (Å²) in [5.74, 6) is 1.46. The minimum atomic E-state index is 0.301. The van der Waals surface area contributed by atoms with Crippen LogP contribution < -0.4 is 15.4 Å². The summed E-state index contributed by atoms with van der Waals surface area (Å²) in [5.41, 5.74) is 0.301. The van der Waals surface area contributed by atoms with Gasteiger partial charge in [0, 0.05) is 19.2 Å². The lowest BCUT2D eigenvalue weighted by molar-refractivity contribution is 0.253. The Bertz CT molecular complexity index is 377. The Morgan fingerprint density at radius 1 is 1.50 bits per heavy atom. The van der Waals surface area contributed by atoms with Crippen molar-refractivity contribution >= 4 is 5.82 Å². The zero-order chi connectivity index (χ0) is 12.8. The Morgan fingerprint density at radius 3 is 3.11 bits per heavy atom. The third-order valence-electron chi connectivity index (χ3n) is 3.32. The van der Waals surface area contributed by atoms with Gasteiger partial charge in [-0.2, -0.15) is 0 Å². The molecule has 0 spiro atoms. The number of piperidine rings is 1. The quantitative estimate of drug-likeness (QED) is 0.832. The standard InChI is InChI=1S/C13H22N4O/c1-3-18-12-7-11(16-10-17-12)15-9-13(2)5-4-6-14-8-13/h7,10,14H,3-6,8-9H2,1-2H3,(H,15,16,17). The van der Waals surface area contributed by atoms with E-state index in [0.717, 1.165) is 25.5 Å². The lowest BCUT2D eigenvalue weighted by atomic mass is 9.83. The molecule has 2 rings (SSSR count). The summed E-state index contributed by atoms with van der Waals surface area (Å²) < 4.78 is 5.36. The van der Waals surface area contributed by atoms with Crippen LogP contribution in [-0.4, -0.2) is 36.2 Å². The van der Waals surface area contributed by atoms with Gasteiger partial charge in [0.25, 0.3) is 0 Å². The molecule has 1 fully saturated rings. The van der Waals surface area contributed by atoms with E-state index >= 15 is 0 Å². The molecule has 1 aliphatic rings. The van der Waals surface area contributed by atoms with Gasteiger partial charge < -0.3 is 15.4 Å². The van der Waals surface area contributed by atoms with Crippen molar-refractivity contribution in [1.29, 1.82) is 0 Å². The van der Waals surface area contributed by atoms with Crippen molar-refractivity contribution in [3.8, 4) is 5.88 Å². The van der Waals surface area contributed by atoms with Crippen molar-refractivity contribution in [2.24, 2.45) is 5.41 Å². The van der Waals surface area contributed by atoms with Crippen LogP contribution >= 0.6 is 0 Å². The van der Waals surface area contributed by atoms with Crippen molar-refractivity contribution in [3.05, 3.63) is 12.4 Å². The Morgan fingerprint density at radius 2 is 2.39 bits per heavy atom. The molecule has 1 aliphatic heterocycles. The summed E-state index contributed by atoms with van der Waals surface area (Å²) in [6.45, 7) is 7.99. The summed E-state index contributed by atoms with van der Waals surface area (Å²) in [6.07, 6.45) is 4.03. The van der Waals surface area contributed by atoms with Crippen LogP contribution in [0.15, 0.2) is 12.4 Å². The van der Waals surface area contributed by atoms with Crippen molar-refractivity contribution in [3.63, 3.8) is 0 Å². The summed E-state index contributed by atoms with van der Waals surface area (Å²) in [5, 5.41) is 6.83. The first kappa shape index (κ1) is 13.1. The van der Waals surface area contributed by atoms with E-state index in [0.29, 0.717) is 17.9 Å². The van der Waals surface area contributed by atoms with Crippen molar-refractivity contribution in [2.45, 2.75) is 26.7 Å². The number of rotatable bonds is 5. The summed E-state index contributed by atoms with van der Waals surface area (Å²) >= 11 is 0. The molecule has 2 heterocycles. The highest BCUT2D eigenvalue weighted by Crippen LogP contribution is 2.25. The van der Waals surface area contributed by atoms with Gasteiger partial charge in [-0.1, -0.05) is 6.92 Å². The molecule has 5 nitrogen and oxygen atoms in total. The molecule has 18 heavy (non-hydrogen) atoms. The maximum atomic E-state index is 5.36. The van der Waals surface area contributed by atoms with Crippen LogP contribution in [0.25, 0.3) is 0 Å². The molecule has 0 saturated carbocycles. The van der Waals surface area contributed by atoms with Gasteiger partial charge in [0.2, 0.25) is 5.88 Å². The van der Waals surface area contributed by atoms with Gasteiger partial charge in [-0.3, -0.25) is 0 Å². The highest BCUT2D eigenvalue weighted by molar-refractivity contribution is 5.37. The first-order valence-electron chi connectivity index (χ1n) is 6.61. The molecule has 0 aliphatic carbocycles. The topological polar surface area (TPSA) is 59.1 Å². The van der Waals surface area contributed by atoms with Crippen LogP contribution in [0.1, 0.15) is 26.7 Å². The van der Waals surface area contributed by atoms with E-state index in [1.165, 1.54) is 19.2 Å². The first-order valence-corrected chi connectivity index (χ1v) is 6.61. The first-order chi connectivity index (χ1) is 8.72. The molecular formula is C13H22N4O. The fourth-order valence-electron chi connectivity index (χ4n) is 2.24. The lowest BCUT2D eigenvalue weighted by Gasteiger charge is -2.34. The maximum Gasteiger partial charge on any atom is 0.218 e. The average molecular weight is 250 g/mol. The van der Waals surface area contributed by atoms with E-state index in [9.17, 15) is 0 Å². The molecule has 1 aromatic heterocycles. The monoisotopic (exact) mass is 250 g/mol. The summed E-state index contributed by atoms with van der Waals surface area (Å²) in [7, 11) is 0. The summed E-state index contributed by atoms with van der Waals surface area (Å²) in [6, 6.07) is 1.85. The van der Waals surface area contributed by atoms with Crippen LogP contribution in [0.5, 0.6) is 5.88 Å². The Hall–Kier alpha value is -1.36. The third-order valence-corrected chi connectivity index (χ3v) is 3.32. The second kappa shape index (κ2) is 6.00. The normalized spacial score (nSPS) is 23.7. The predicted molar refractivity (Wildman–Crippen MR) is 71.9 cm³/mol. The fourth-order valence-corrected chi connectivity index (χ4v) is 2.24. The second-order valence-corrected chi connectivity index (χ2v) is 5.12. The fraction of sp³-hybridized carbons (Fsp3) is 0.692. The maximum absolute atomic E-state index is 5.36. The number of ether oxygens (including phenoxy) is 1. The zero-order valence-electron chi connectivity index (χ0n) is 11.2. The van der Waals surface area contributed by atoms with Gasteiger partial charge in [-0.25, -0.2) is 9.97 Å². The Balaban J connectivity index is 1.90. The Kier molecular flexibility index (Phi) is 4.36. The summed E-state index contributed by atoms with van der Waals surface area (Å²) in [4.78, 5) is 8.27. The molecule has 1 aromatic rings. The minimum absolute atomic E-state index is 0.301. The largest absolute Gasteiger partial charge is 0.478 e. The number of nitrogens with one attached hydrogen (secondary N) is 2. The molecule has 0 amide bonds. The molecule has 100 valence electrons. The van der Waals surface area contributed by atoms with Gasteiger partial charge >= 0.3 is 0 Å². The predicted octanol–water partition coefficient (Wildman–Crippen LogP) is 1.68. The van der Waals surface area contributed by atoms with Crippen LogP contribution in [-0.2, 0) is 0 Å². The molecular weight excluding hydrogens is 228 g/mol. The molecule has 2 N–H and O–H groups in total. The van der Waals surface area contributed by atoms with Gasteiger partial charge in [0.05, 0.1) is 6.61 Å². The molecule has 0 radical (unpaired) electrons. The molecule has 0 aromatic carbocycles. The van der Waals surface area contributed by atoms with E-state index in [1.54, 1.807) is 0 Å². The molecule has 1 atom stereocenters. The van der Waals surface area contributed by atoms with Crippen LogP contribution in [0.4, 0.5) is 5.82 Å². The van der Waals surface area contributed by atoms with Crippen molar-refractivity contribution < 1.29 is 4.74 Å². The number of anilines is 1.